The molecule has 0 aromatic carbocycles. The molecule has 1 aliphatic rings. The molecule has 0 bridgehead atoms. The van der Waals surface area contributed by atoms with Crippen LogP contribution >= 0.6 is 0 Å². The van der Waals surface area contributed by atoms with E-state index in [1.54, 1.807) is 0 Å². The summed E-state index contributed by atoms with van der Waals surface area (Å²) in [7, 11) is 4.21. The zero-order valence-corrected chi connectivity index (χ0v) is 13.2. The van der Waals surface area contributed by atoms with Crippen LogP contribution in [0.2, 0.25) is 0 Å². The Balaban J connectivity index is 2.15. The van der Waals surface area contributed by atoms with Crippen LogP contribution in [0.5, 0.6) is 0 Å². The van der Waals surface area contributed by atoms with E-state index < -0.39 is 0 Å². The Morgan fingerprint density at radius 2 is 1.90 bits per heavy atom. The van der Waals surface area contributed by atoms with E-state index in [9.17, 15) is 0 Å². The quantitative estimate of drug-likeness (QED) is 0.826. The van der Waals surface area contributed by atoms with Crippen LogP contribution < -0.4 is 10.6 Å². The van der Waals surface area contributed by atoms with Crippen LogP contribution in [0.25, 0.3) is 0 Å². The molecule has 5 heteroatoms. The largest absolute Gasteiger partial charge is 0.383 e. The average molecular weight is 277 g/mol. The van der Waals surface area contributed by atoms with Crippen molar-refractivity contribution >= 4 is 11.6 Å². The van der Waals surface area contributed by atoms with E-state index in [1.165, 1.54) is 12.8 Å². The van der Waals surface area contributed by atoms with Crippen molar-refractivity contribution in [1.82, 2.24) is 14.9 Å². The summed E-state index contributed by atoms with van der Waals surface area (Å²) in [5, 5.41) is 0. The van der Waals surface area contributed by atoms with Crippen molar-refractivity contribution in [1.29, 1.82) is 0 Å². The Kier molecular flexibility index (Phi) is 4.81. The van der Waals surface area contributed by atoms with Crippen molar-refractivity contribution in [3.05, 3.63) is 11.4 Å². The molecule has 0 aliphatic heterocycles. The SMILES string of the molecule is CCN(CCCN(C)C)c1nc(C2CC2)nc(N)c1C. The number of hydrogen-bond donors (Lipinski definition) is 1. The molecule has 1 aromatic rings. The van der Waals surface area contributed by atoms with Crippen LogP contribution in [-0.4, -0.2) is 48.6 Å². The Hall–Kier alpha value is -1.36. The van der Waals surface area contributed by atoms with Gasteiger partial charge in [0.05, 0.1) is 0 Å². The van der Waals surface area contributed by atoms with Crippen LogP contribution in [0.1, 0.15) is 43.5 Å². The van der Waals surface area contributed by atoms with Crippen LogP contribution in [0.3, 0.4) is 0 Å². The smallest absolute Gasteiger partial charge is 0.137 e. The maximum Gasteiger partial charge on any atom is 0.137 e. The molecule has 1 aromatic heterocycles. The molecular formula is C15H27N5. The van der Waals surface area contributed by atoms with Crippen LogP contribution in [0, 0.1) is 6.92 Å². The number of rotatable bonds is 7. The Morgan fingerprint density at radius 1 is 1.20 bits per heavy atom. The van der Waals surface area contributed by atoms with Crippen LogP contribution in [0.15, 0.2) is 0 Å². The molecule has 20 heavy (non-hydrogen) atoms. The second-order valence-corrected chi connectivity index (χ2v) is 5.93. The van der Waals surface area contributed by atoms with Gasteiger partial charge in [0, 0.05) is 24.6 Å². The van der Waals surface area contributed by atoms with E-state index in [0.717, 1.165) is 43.3 Å². The molecule has 1 heterocycles. The van der Waals surface area contributed by atoms with Crippen molar-refractivity contribution in [3.8, 4) is 0 Å². The van der Waals surface area contributed by atoms with Crippen molar-refractivity contribution in [2.24, 2.45) is 0 Å². The van der Waals surface area contributed by atoms with E-state index >= 15 is 0 Å². The van der Waals surface area contributed by atoms with Gasteiger partial charge in [-0.1, -0.05) is 0 Å². The normalized spacial score (nSPS) is 14.8. The standard InChI is InChI=1S/C15H27N5/c1-5-20(10-6-9-19(3)4)15-11(2)13(16)17-14(18-15)12-7-8-12/h12H,5-10H2,1-4H3,(H2,16,17,18). The van der Waals surface area contributed by atoms with Gasteiger partial charge in [-0.05, 0) is 53.8 Å². The van der Waals surface area contributed by atoms with Gasteiger partial charge in [-0.25, -0.2) is 9.97 Å². The van der Waals surface area contributed by atoms with Gasteiger partial charge in [-0.15, -0.1) is 0 Å². The minimum atomic E-state index is 0.539. The summed E-state index contributed by atoms with van der Waals surface area (Å²) in [6.45, 7) is 7.25. The van der Waals surface area contributed by atoms with E-state index in [2.05, 4.69) is 35.8 Å². The van der Waals surface area contributed by atoms with Crippen molar-refractivity contribution in [2.75, 3.05) is 44.4 Å². The summed E-state index contributed by atoms with van der Waals surface area (Å²) in [6.07, 6.45) is 3.53. The third-order valence-corrected chi connectivity index (χ3v) is 3.83. The molecule has 2 rings (SSSR count). The first-order chi connectivity index (χ1) is 9.52. The number of nitrogens with zero attached hydrogens (tertiary/aromatic N) is 4. The predicted molar refractivity (Wildman–Crippen MR) is 84.2 cm³/mol. The first-order valence-corrected chi connectivity index (χ1v) is 7.56. The molecule has 1 fully saturated rings. The van der Waals surface area contributed by atoms with Crippen LogP contribution in [0.4, 0.5) is 11.6 Å². The van der Waals surface area contributed by atoms with Gasteiger partial charge in [-0.2, -0.15) is 0 Å². The van der Waals surface area contributed by atoms with Gasteiger partial charge in [0.25, 0.3) is 0 Å². The molecule has 0 radical (unpaired) electrons. The van der Waals surface area contributed by atoms with Crippen molar-refractivity contribution < 1.29 is 0 Å². The summed E-state index contributed by atoms with van der Waals surface area (Å²) >= 11 is 0. The zero-order valence-electron chi connectivity index (χ0n) is 13.2. The monoisotopic (exact) mass is 277 g/mol. The second-order valence-electron chi connectivity index (χ2n) is 5.93. The van der Waals surface area contributed by atoms with Gasteiger partial charge >= 0.3 is 0 Å². The van der Waals surface area contributed by atoms with Crippen LogP contribution in [-0.2, 0) is 0 Å². The third kappa shape index (κ3) is 3.60. The van der Waals surface area contributed by atoms with E-state index in [4.69, 9.17) is 10.7 Å². The first kappa shape index (κ1) is 15.0. The van der Waals surface area contributed by atoms with Gasteiger partial charge in [0.15, 0.2) is 0 Å². The minimum absolute atomic E-state index is 0.539. The topological polar surface area (TPSA) is 58.3 Å². The molecular weight excluding hydrogens is 250 g/mol. The Morgan fingerprint density at radius 3 is 2.45 bits per heavy atom. The number of nitrogens with two attached hydrogens (primary N) is 1. The fraction of sp³-hybridized carbons (Fsp3) is 0.733. The maximum absolute atomic E-state index is 6.07. The highest BCUT2D eigenvalue weighted by Crippen LogP contribution is 2.39. The number of anilines is 2. The summed E-state index contributed by atoms with van der Waals surface area (Å²) in [5.41, 5.74) is 7.09. The minimum Gasteiger partial charge on any atom is -0.383 e. The zero-order chi connectivity index (χ0) is 14.7. The summed E-state index contributed by atoms with van der Waals surface area (Å²) in [4.78, 5) is 13.8. The molecule has 5 nitrogen and oxygen atoms in total. The van der Waals surface area contributed by atoms with Crippen molar-refractivity contribution in [3.63, 3.8) is 0 Å². The number of aromatic nitrogens is 2. The molecule has 0 unspecified atom stereocenters. The molecule has 112 valence electrons. The summed E-state index contributed by atoms with van der Waals surface area (Å²) in [5.74, 6) is 3.15. The van der Waals surface area contributed by atoms with E-state index in [0.29, 0.717) is 11.7 Å². The fourth-order valence-electron chi connectivity index (χ4n) is 2.36. The highest BCUT2D eigenvalue weighted by atomic mass is 15.2. The summed E-state index contributed by atoms with van der Waals surface area (Å²) < 4.78 is 0. The fourth-order valence-corrected chi connectivity index (χ4v) is 2.36. The third-order valence-electron chi connectivity index (χ3n) is 3.83. The molecule has 0 atom stereocenters. The number of nitrogen functional groups attached to an aromatic ring is 1. The van der Waals surface area contributed by atoms with E-state index in [1.807, 2.05) is 6.92 Å². The van der Waals surface area contributed by atoms with Gasteiger partial charge in [-0.3, -0.25) is 0 Å². The molecule has 0 saturated heterocycles. The Labute approximate surface area is 122 Å². The lowest BCUT2D eigenvalue weighted by atomic mass is 10.2. The lowest BCUT2D eigenvalue weighted by Crippen LogP contribution is -2.29. The highest BCUT2D eigenvalue weighted by molar-refractivity contribution is 5.56. The lowest BCUT2D eigenvalue weighted by Gasteiger charge is -2.25. The molecule has 0 spiro atoms. The molecule has 0 amide bonds. The predicted octanol–water partition coefficient (Wildman–Crippen LogP) is 2.02. The lowest BCUT2D eigenvalue weighted by molar-refractivity contribution is 0.400. The van der Waals surface area contributed by atoms with Gasteiger partial charge in [0.1, 0.15) is 17.5 Å². The highest BCUT2D eigenvalue weighted by Gasteiger charge is 2.28. The second kappa shape index (κ2) is 6.39. The average Bonchev–Trinajstić information content (AvgIpc) is 3.22. The summed E-state index contributed by atoms with van der Waals surface area (Å²) in [6, 6.07) is 0. The molecule has 2 N–H and O–H groups in total. The molecule has 1 aliphatic carbocycles. The van der Waals surface area contributed by atoms with E-state index in [-0.39, 0.29) is 0 Å². The van der Waals surface area contributed by atoms with Gasteiger partial charge < -0.3 is 15.5 Å². The molecule has 1 saturated carbocycles. The van der Waals surface area contributed by atoms with Gasteiger partial charge in [0.2, 0.25) is 0 Å². The maximum atomic E-state index is 6.07. The Bertz CT molecular complexity index is 454. The number of hydrogen-bond acceptors (Lipinski definition) is 5. The van der Waals surface area contributed by atoms with Crippen molar-refractivity contribution in [2.45, 2.75) is 39.0 Å². The first-order valence-electron chi connectivity index (χ1n) is 7.56.